The SMILES string of the molecule is Cc1ccc(S(=O)(=O)/N=C(/c2ccc(C(C)(C)C)cc2)[Si](C)(C)C(C)(C)C)cc1. The first kappa shape index (κ1) is 23.6. The van der Waals surface area contributed by atoms with Crippen LogP contribution in [0.3, 0.4) is 0 Å². The predicted molar refractivity (Wildman–Crippen MR) is 127 cm³/mol. The van der Waals surface area contributed by atoms with Gasteiger partial charge in [-0.3, -0.25) is 0 Å². The number of benzene rings is 2. The summed E-state index contributed by atoms with van der Waals surface area (Å²) in [6.07, 6.45) is 0. The monoisotopic (exact) mass is 429 g/mol. The standard InChI is InChI=1S/C24H35NO2SSi/c1-18-10-16-21(17-11-18)28(26,27)25-22(29(8,9)24(5,6)7)19-12-14-20(15-13-19)23(2,3)4/h10-17H,1-9H3/b25-22-. The Bertz CT molecular complexity index is 989. The highest BCUT2D eigenvalue weighted by Crippen LogP contribution is 2.39. The van der Waals surface area contributed by atoms with Gasteiger partial charge in [0.25, 0.3) is 10.0 Å². The van der Waals surface area contributed by atoms with E-state index in [4.69, 9.17) is 0 Å². The van der Waals surface area contributed by atoms with Crippen molar-refractivity contribution in [2.24, 2.45) is 4.40 Å². The van der Waals surface area contributed by atoms with E-state index in [1.807, 2.05) is 31.2 Å². The molecule has 3 nitrogen and oxygen atoms in total. The molecule has 0 saturated carbocycles. The minimum Gasteiger partial charge on any atom is -0.199 e. The third kappa shape index (κ3) is 5.26. The summed E-state index contributed by atoms with van der Waals surface area (Å²) in [6.45, 7) is 19.4. The van der Waals surface area contributed by atoms with Crippen LogP contribution < -0.4 is 0 Å². The Hall–Kier alpha value is -1.72. The third-order valence-corrected chi connectivity index (χ3v) is 12.8. The summed E-state index contributed by atoms with van der Waals surface area (Å²) in [5.41, 5.74) is 3.19. The topological polar surface area (TPSA) is 46.5 Å². The molecule has 0 N–H and O–H groups in total. The lowest BCUT2D eigenvalue weighted by Gasteiger charge is -2.38. The van der Waals surface area contributed by atoms with Crippen molar-refractivity contribution in [3.05, 3.63) is 65.2 Å². The molecular formula is C24H35NO2SSi. The van der Waals surface area contributed by atoms with Gasteiger partial charge in [-0.1, -0.05) is 96.6 Å². The van der Waals surface area contributed by atoms with Crippen molar-refractivity contribution >= 4 is 23.4 Å². The van der Waals surface area contributed by atoms with Crippen LogP contribution in [0.1, 0.15) is 58.2 Å². The van der Waals surface area contributed by atoms with Crippen LogP contribution in [0.2, 0.25) is 18.1 Å². The molecule has 0 aliphatic heterocycles. The summed E-state index contributed by atoms with van der Waals surface area (Å²) in [5, 5.41) is 0.683. The van der Waals surface area contributed by atoms with E-state index in [0.29, 0.717) is 0 Å². The molecule has 158 valence electrons. The van der Waals surface area contributed by atoms with Gasteiger partial charge in [0.2, 0.25) is 0 Å². The summed E-state index contributed by atoms with van der Waals surface area (Å²) >= 11 is 0. The van der Waals surface area contributed by atoms with E-state index in [2.05, 4.69) is 71.2 Å². The minimum atomic E-state index is -3.78. The maximum absolute atomic E-state index is 13.2. The van der Waals surface area contributed by atoms with Crippen LogP contribution in [0.15, 0.2) is 57.8 Å². The first-order chi connectivity index (χ1) is 13.1. The molecule has 2 aromatic rings. The molecule has 0 heterocycles. The zero-order valence-corrected chi connectivity index (χ0v) is 21.1. The van der Waals surface area contributed by atoms with Crippen LogP contribution in [-0.4, -0.2) is 21.8 Å². The summed E-state index contributed by atoms with van der Waals surface area (Å²) in [6, 6.07) is 15.2. The summed E-state index contributed by atoms with van der Waals surface area (Å²) < 4.78 is 30.8. The van der Waals surface area contributed by atoms with Crippen LogP contribution in [0, 0.1) is 6.92 Å². The molecule has 0 fully saturated rings. The van der Waals surface area contributed by atoms with Crippen molar-refractivity contribution in [2.45, 2.75) is 76.9 Å². The molecule has 0 unspecified atom stereocenters. The Kier molecular flexibility index (Phi) is 6.37. The summed E-state index contributed by atoms with van der Waals surface area (Å²) in [7, 11) is -6.00. The molecule has 0 aromatic heterocycles. The van der Waals surface area contributed by atoms with Crippen molar-refractivity contribution in [3.8, 4) is 0 Å². The molecule has 0 aliphatic rings. The van der Waals surface area contributed by atoms with Crippen molar-refractivity contribution < 1.29 is 8.42 Å². The lowest BCUT2D eigenvalue weighted by molar-refractivity contribution is 0.590. The number of rotatable bonds is 4. The third-order valence-electron chi connectivity index (χ3n) is 6.02. The second kappa shape index (κ2) is 7.84. The number of aryl methyl sites for hydroxylation is 1. The fraction of sp³-hybridized carbons (Fsp3) is 0.458. The van der Waals surface area contributed by atoms with E-state index >= 15 is 0 Å². The average Bonchev–Trinajstić information content (AvgIpc) is 2.58. The van der Waals surface area contributed by atoms with Gasteiger partial charge in [-0.15, -0.1) is 0 Å². The van der Waals surface area contributed by atoms with Crippen LogP contribution in [0.5, 0.6) is 0 Å². The lowest BCUT2D eigenvalue weighted by Crippen LogP contribution is -2.47. The van der Waals surface area contributed by atoms with Crippen molar-refractivity contribution in [1.82, 2.24) is 0 Å². The van der Waals surface area contributed by atoms with Crippen LogP contribution in [0.4, 0.5) is 0 Å². The van der Waals surface area contributed by atoms with E-state index in [1.165, 1.54) is 5.56 Å². The van der Waals surface area contributed by atoms with Gasteiger partial charge in [-0.25, -0.2) is 0 Å². The molecule has 2 rings (SSSR count). The molecule has 0 spiro atoms. The van der Waals surface area contributed by atoms with E-state index in [1.54, 1.807) is 12.1 Å². The van der Waals surface area contributed by atoms with Gasteiger partial charge in [0.15, 0.2) is 0 Å². The quantitative estimate of drug-likeness (QED) is 0.410. The van der Waals surface area contributed by atoms with Gasteiger partial charge < -0.3 is 0 Å². The first-order valence-corrected chi connectivity index (χ1v) is 14.5. The number of sulfonamides is 1. The molecule has 29 heavy (non-hydrogen) atoms. The Morgan fingerprint density at radius 2 is 1.31 bits per heavy atom. The molecule has 2 aromatic carbocycles. The average molecular weight is 430 g/mol. The Morgan fingerprint density at radius 3 is 1.72 bits per heavy atom. The maximum atomic E-state index is 13.2. The van der Waals surface area contributed by atoms with Gasteiger partial charge in [-0.05, 0) is 40.6 Å². The Morgan fingerprint density at radius 1 is 0.828 bits per heavy atom. The number of hydrogen-bond acceptors (Lipinski definition) is 2. The summed E-state index contributed by atoms with van der Waals surface area (Å²) in [4.78, 5) is 0.241. The van der Waals surface area contributed by atoms with Crippen LogP contribution >= 0.6 is 0 Å². The van der Waals surface area contributed by atoms with Gasteiger partial charge in [-0.2, -0.15) is 12.8 Å². The molecular weight excluding hydrogens is 394 g/mol. The first-order valence-electron chi connectivity index (χ1n) is 10.1. The normalized spacial score (nSPS) is 14.2. The predicted octanol–water partition coefficient (Wildman–Crippen LogP) is 6.52. The number of hydrogen-bond donors (Lipinski definition) is 0. The highest BCUT2D eigenvalue weighted by Gasteiger charge is 2.41. The van der Waals surface area contributed by atoms with Crippen molar-refractivity contribution in [2.75, 3.05) is 0 Å². The lowest BCUT2D eigenvalue weighted by atomic mass is 9.87. The zero-order chi connectivity index (χ0) is 22.3. The molecule has 0 bridgehead atoms. The van der Waals surface area contributed by atoms with E-state index < -0.39 is 18.1 Å². The fourth-order valence-electron chi connectivity index (χ4n) is 2.89. The van der Waals surface area contributed by atoms with Crippen LogP contribution in [-0.2, 0) is 15.4 Å². The molecule has 0 atom stereocenters. The fourth-order valence-corrected chi connectivity index (χ4v) is 6.70. The Balaban J connectivity index is 2.69. The number of nitrogens with zero attached hydrogens (tertiary/aromatic N) is 1. The van der Waals surface area contributed by atoms with Crippen molar-refractivity contribution in [3.63, 3.8) is 0 Å². The molecule has 0 radical (unpaired) electrons. The van der Waals surface area contributed by atoms with Crippen LogP contribution in [0.25, 0.3) is 0 Å². The smallest absolute Gasteiger partial charge is 0.199 e. The second-order valence-corrected chi connectivity index (χ2v) is 17.3. The maximum Gasteiger partial charge on any atom is 0.282 e. The highest BCUT2D eigenvalue weighted by atomic mass is 32.2. The molecule has 0 saturated heterocycles. The molecule has 0 amide bonds. The molecule has 5 heteroatoms. The van der Waals surface area contributed by atoms with Gasteiger partial charge >= 0.3 is 0 Å². The van der Waals surface area contributed by atoms with Gasteiger partial charge in [0.05, 0.1) is 4.90 Å². The van der Waals surface area contributed by atoms with E-state index in [9.17, 15) is 8.42 Å². The largest absolute Gasteiger partial charge is 0.282 e. The van der Waals surface area contributed by atoms with E-state index in [0.717, 1.165) is 16.5 Å². The summed E-state index contributed by atoms with van der Waals surface area (Å²) in [5.74, 6) is 0. The van der Waals surface area contributed by atoms with Gasteiger partial charge in [0, 0.05) is 5.33 Å². The highest BCUT2D eigenvalue weighted by molar-refractivity contribution is 7.90. The second-order valence-electron chi connectivity index (χ2n) is 10.4. The molecule has 0 aliphatic carbocycles. The Labute approximate surface area is 178 Å². The van der Waals surface area contributed by atoms with E-state index in [-0.39, 0.29) is 15.3 Å². The van der Waals surface area contributed by atoms with Gasteiger partial charge in [0.1, 0.15) is 8.07 Å². The zero-order valence-electron chi connectivity index (χ0n) is 19.3. The van der Waals surface area contributed by atoms with Crippen molar-refractivity contribution in [1.29, 1.82) is 0 Å². The minimum absolute atomic E-state index is 0.0424.